The zero-order chi connectivity index (χ0) is 15.7. The van der Waals surface area contributed by atoms with Crippen LogP contribution in [0.1, 0.15) is 25.5 Å². The molecule has 2 aliphatic carbocycles. The van der Waals surface area contributed by atoms with Crippen LogP contribution in [0.3, 0.4) is 0 Å². The summed E-state index contributed by atoms with van der Waals surface area (Å²) in [6.07, 6.45) is 9.20. The number of ether oxygens (including phenoxy) is 1. The molecule has 1 saturated carbocycles. The minimum atomic E-state index is -0.273. The van der Waals surface area contributed by atoms with Crippen LogP contribution in [0.15, 0.2) is 30.3 Å². The number of rotatable bonds is 6. The van der Waals surface area contributed by atoms with Crippen molar-refractivity contribution in [2.24, 2.45) is 17.3 Å². The minimum Gasteiger partial charge on any atom is -0.489 e. The van der Waals surface area contributed by atoms with Gasteiger partial charge in [0.05, 0.1) is 12.8 Å². The van der Waals surface area contributed by atoms with Crippen LogP contribution in [-0.4, -0.2) is 22.7 Å². The Morgan fingerprint density at radius 3 is 3.00 bits per heavy atom. The average molecular weight is 304 g/mol. The van der Waals surface area contributed by atoms with Crippen LogP contribution < -0.4 is 4.74 Å². The molecular weight excluding hydrogens is 283 g/mol. The molecule has 118 valence electrons. The van der Waals surface area contributed by atoms with Crippen molar-refractivity contribution in [3.8, 4) is 5.75 Å². The van der Waals surface area contributed by atoms with E-state index in [1.807, 2.05) is 30.8 Å². The van der Waals surface area contributed by atoms with Crippen molar-refractivity contribution in [3.63, 3.8) is 0 Å². The summed E-state index contributed by atoms with van der Waals surface area (Å²) in [5, 5.41) is 4.35. The fraction of sp³-hybridized carbons (Fsp3) is 0.529. The lowest BCUT2D eigenvalue weighted by Gasteiger charge is -2.26. The maximum Gasteiger partial charge on any atom is 0.160 e. The summed E-state index contributed by atoms with van der Waals surface area (Å²) >= 11 is 0. The molecule has 5 heteroatoms. The van der Waals surface area contributed by atoms with E-state index in [0.29, 0.717) is 13.0 Å². The van der Waals surface area contributed by atoms with Gasteiger partial charge in [-0.3, -0.25) is 4.68 Å². The monoisotopic (exact) mass is 304 g/mol. The second-order valence-electron chi connectivity index (χ2n) is 6.21. The summed E-state index contributed by atoms with van der Waals surface area (Å²) in [5.74, 6) is 0.593. The van der Waals surface area contributed by atoms with Gasteiger partial charge in [-0.2, -0.15) is 5.10 Å². The van der Waals surface area contributed by atoms with Gasteiger partial charge in [0.1, 0.15) is 17.8 Å². The van der Waals surface area contributed by atoms with Crippen molar-refractivity contribution >= 4 is 6.29 Å². The van der Waals surface area contributed by atoms with Crippen LogP contribution >= 0.6 is 0 Å². The minimum absolute atomic E-state index is 0.0224. The molecule has 2 aliphatic rings. The number of aromatic nitrogens is 2. The smallest absolute Gasteiger partial charge is 0.160 e. The molecule has 4 nitrogen and oxygen atoms in total. The third-order valence-corrected chi connectivity index (χ3v) is 4.84. The molecule has 0 bridgehead atoms. The second kappa shape index (κ2) is 5.71. The van der Waals surface area contributed by atoms with Gasteiger partial charge in [-0.15, -0.1) is 0 Å². The van der Waals surface area contributed by atoms with Crippen molar-refractivity contribution in [2.45, 2.75) is 33.2 Å². The van der Waals surface area contributed by atoms with Crippen molar-refractivity contribution < 1.29 is 13.9 Å². The molecule has 0 aromatic carbocycles. The van der Waals surface area contributed by atoms with E-state index in [4.69, 9.17) is 4.74 Å². The number of hydrogen-bond acceptors (Lipinski definition) is 3. The highest BCUT2D eigenvalue weighted by Crippen LogP contribution is 2.59. The highest BCUT2D eigenvalue weighted by Gasteiger charge is 2.59. The van der Waals surface area contributed by atoms with E-state index in [1.54, 1.807) is 6.08 Å². The first kappa shape index (κ1) is 15.0. The lowest BCUT2D eigenvalue weighted by molar-refractivity contribution is -0.110. The molecule has 0 N–H and O–H groups in total. The molecule has 1 heterocycles. The van der Waals surface area contributed by atoms with Gasteiger partial charge in [-0.1, -0.05) is 12.2 Å². The third kappa shape index (κ3) is 2.60. The van der Waals surface area contributed by atoms with E-state index in [1.165, 1.54) is 6.08 Å². The molecule has 0 amide bonds. The van der Waals surface area contributed by atoms with E-state index in [0.717, 1.165) is 30.7 Å². The first-order valence-corrected chi connectivity index (χ1v) is 7.74. The standard InChI is InChI=1S/C17H21FN2O2/c1-3-20-9-16(12(2)19-20)22-11-17(8-14(17)10-21)13-5-4-6-15(18)7-13/h4-6,9-10,13-14H,3,7-8,11H2,1-2H3/t13?,14-,17+/m0/s1. The summed E-state index contributed by atoms with van der Waals surface area (Å²) in [5.41, 5.74) is 0.565. The van der Waals surface area contributed by atoms with Gasteiger partial charge < -0.3 is 9.53 Å². The van der Waals surface area contributed by atoms with E-state index in [9.17, 15) is 9.18 Å². The maximum absolute atomic E-state index is 13.6. The molecule has 0 aliphatic heterocycles. The number of allylic oxidation sites excluding steroid dienone is 4. The average Bonchev–Trinajstić information content (AvgIpc) is 3.14. The maximum atomic E-state index is 13.6. The first-order chi connectivity index (χ1) is 10.6. The Morgan fingerprint density at radius 2 is 2.41 bits per heavy atom. The van der Waals surface area contributed by atoms with Crippen LogP contribution in [-0.2, 0) is 11.3 Å². The molecule has 1 aromatic heterocycles. The van der Waals surface area contributed by atoms with Gasteiger partial charge in [-0.25, -0.2) is 4.39 Å². The van der Waals surface area contributed by atoms with Crippen LogP contribution in [0.4, 0.5) is 4.39 Å². The Kier molecular flexibility index (Phi) is 3.89. The molecule has 3 atom stereocenters. The lowest BCUT2D eigenvalue weighted by atomic mass is 9.82. The van der Waals surface area contributed by atoms with Crippen LogP contribution in [0.2, 0.25) is 0 Å². The van der Waals surface area contributed by atoms with E-state index in [2.05, 4.69) is 5.10 Å². The van der Waals surface area contributed by atoms with Crippen LogP contribution in [0.25, 0.3) is 0 Å². The van der Waals surface area contributed by atoms with Gasteiger partial charge in [0, 0.05) is 24.3 Å². The quantitative estimate of drug-likeness (QED) is 0.758. The Balaban J connectivity index is 1.73. The predicted molar refractivity (Wildman–Crippen MR) is 81.2 cm³/mol. The van der Waals surface area contributed by atoms with Gasteiger partial charge in [0.15, 0.2) is 5.75 Å². The van der Waals surface area contributed by atoms with Gasteiger partial charge >= 0.3 is 0 Å². The Bertz CT molecular complexity index is 635. The SMILES string of the molecule is CCn1cc(OC[C@@]2(C3C=CC=C(F)C3)C[C@H]2C=O)c(C)n1. The largest absolute Gasteiger partial charge is 0.489 e. The molecule has 0 saturated heterocycles. The second-order valence-corrected chi connectivity index (χ2v) is 6.21. The van der Waals surface area contributed by atoms with Crippen molar-refractivity contribution in [1.82, 2.24) is 9.78 Å². The predicted octanol–water partition coefficient (Wildman–Crippen LogP) is 3.22. The molecule has 1 unspecified atom stereocenters. The molecular formula is C17H21FN2O2. The third-order valence-electron chi connectivity index (χ3n) is 4.84. The zero-order valence-corrected chi connectivity index (χ0v) is 13.0. The highest BCUT2D eigenvalue weighted by molar-refractivity contribution is 5.61. The number of aryl methyl sites for hydroxylation is 2. The van der Waals surface area contributed by atoms with E-state index < -0.39 is 0 Å². The number of nitrogens with zero attached hydrogens (tertiary/aromatic N) is 2. The summed E-state index contributed by atoms with van der Waals surface area (Å²) < 4.78 is 21.3. The number of hydrogen-bond donors (Lipinski definition) is 0. The Hall–Kier alpha value is -1.91. The van der Waals surface area contributed by atoms with Gasteiger partial charge in [0.25, 0.3) is 0 Å². The Morgan fingerprint density at radius 1 is 1.59 bits per heavy atom. The summed E-state index contributed by atoms with van der Waals surface area (Å²) in [7, 11) is 0. The first-order valence-electron chi connectivity index (χ1n) is 7.74. The fourth-order valence-corrected chi connectivity index (χ4v) is 3.28. The molecule has 3 rings (SSSR count). The lowest BCUT2D eigenvalue weighted by Crippen LogP contribution is -2.26. The van der Waals surface area contributed by atoms with E-state index >= 15 is 0 Å². The highest BCUT2D eigenvalue weighted by atomic mass is 19.1. The summed E-state index contributed by atoms with van der Waals surface area (Å²) in [6, 6.07) is 0. The molecule has 22 heavy (non-hydrogen) atoms. The fourth-order valence-electron chi connectivity index (χ4n) is 3.28. The molecule has 1 fully saturated rings. The number of carbonyl (C=O) groups excluding carboxylic acids is 1. The number of carbonyl (C=O) groups is 1. The van der Waals surface area contributed by atoms with Gasteiger partial charge in [-0.05, 0) is 32.3 Å². The van der Waals surface area contributed by atoms with Crippen molar-refractivity contribution in [2.75, 3.05) is 6.61 Å². The molecule has 0 radical (unpaired) electrons. The Labute approximate surface area is 129 Å². The number of aldehydes is 1. The summed E-state index contributed by atoms with van der Waals surface area (Å²) in [6.45, 7) is 5.13. The molecule has 1 aromatic rings. The number of halogens is 1. The van der Waals surface area contributed by atoms with E-state index in [-0.39, 0.29) is 23.1 Å². The zero-order valence-electron chi connectivity index (χ0n) is 13.0. The summed E-state index contributed by atoms with van der Waals surface area (Å²) in [4.78, 5) is 11.2. The molecule has 0 spiro atoms. The normalized spacial score (nSPS) is 30.0. The van der Waals surface area contributed by atoms with Crippen LogP contribution in [0.5, 0.6) is 5.75 Å². The van der Waals surface area contributed by atoms with Crippen molar-refractivity contribution in [1.29, 1.82) is 0 Å². The topological polar surface area (TPSA) is 44.1 Å². The van der Waals surface area contributed by atoms with Crippen molar-refractivity contribution in [3.05, 3.63) is 35.9 Å². The van der Waals surface area contributed by atoms with Gasteiger partial charge in [0.2, 0.25) is 0 Å². The van der Waals surface area contributed by atoms with Crippen LogP contribution in [0, 0.1) is 24.2 Å².